The number of nitrogens with zero attached hydrogens (tertiary/aromatic N) is 1. The molecule has 21 heavy (non-hydrogen) atoms. The van der Waals surface area contributed by atoms with Crippen LogP contribution < -0.4 is 5.73 Å². The molecule has 5 heteroatoms. The Labute approximate surface area is 122 Å². The molecule has 108 valence electrons. The number of ether oxygens (including phenoxy) is 1. The van der Waals surface area contributed by atoms with Crippen molar-refractivity contribution >= 4 is 17.9 Å². The Kier molecular flexibility index (Phi) is 5.06. The van der Waals surface area contributed by atoms with Gasteiger partial charge < -0.3 is 15.6 Å². The fourth-order valence-electron chi connectivity index (χ4n) is 1.70. The molecular weight excluding hydrogens is 268 g/mol. The van der Waals surface area contributed by atoms with Crippen LogP contribution in [0.5, 0.6) is 0 Å². The number of nitrogen functional groups attached to an aromatic ring is 1. The summed E-state index contributed by atoms with van der Waals surface area (Å²) < 4.78 is 5.11. The van der Waals surface area contributed by atoms with Crippen LogP contribution in [-0.4, -0.2) is 16.1 Å². The second-order valence-electron chi connectivity index (χ2n) is 4.40. The van der Waals surface area contributed by atoms with Gasteiger partial charge in [0.1, 0.15) is 12.4 Å². The Hall–Kier alpha value is -2.66. The van der Waals surface area contributed by atoms with Gasteiger partial charge in [-0.2, -0.15) is 0 Å². The van der Waals surface area contributed by atoms with Crippen LogP contribution in [0, 0.1) is 0 Å². The molecule has 1 aromatic heterocycles. The van der Waals surface area contributed by atoms with E-state index >= 15 is 0 Å². The number of rotatable bonds is 5. The molecule has 0 bridgehead atoms. The summed E-state index contributed by atoms with van der Waals surface area (Å²) >= 11 is 0. The minimum atomic E-state index is -0.443. The van der Waals surface area contributed by atoms with Crippen LogP contribution in [0.2, 0.25) is 0 Å². The van der Waals surface area contributed by atoms with Crippen molar-refractivity contribution in [3.8, 4) is 0 Å². The van der Waals surface area contributed by atoms with Gasteiger partial charge in [0.05, 0.1) is 6.61 Å². The molecule has 0 saturated heterocycles. The van der Waals surface area contributed by atoms with Crippen LogP contribution in [0.25, 0.3) is 6.08 Å². The number of hydrogen-bond acceptors (Lipinski definition) is 5. The summed E-state index contributed by atoms with van der Waals surface area (Å²) in [6, 6.07) is 11.1. The maximum atomic E-state index is 11.6. The largest absolute Gasteiger partial charge is 0.458 e. The molecule has 0 aliphatic rings. The lowest BCUT2D eigenvalue weighted by molar-refractivity contribution is -0.138. The van der Waals surface area contributed by atoms with Gasteiger partial charge in [-0.15, -0.1) is 0 Å². The number of hydrogen-bond donors (Lipinski definition) is 2. The van der Waals surface area contributed by atoms with E-state index in [4.69, 9.17) is 15.6 Å². The third kappa shape index (κ3) is 4.43. The highest BCUT2D eigenvalue weighted by atomic mass is 16.5. The van der Waals surface area contributed by atoms with Gasteiger partial charge in [-0.1, -0.05) is 30.3 Å². The first-order chi connectivity index (χ1) is 10.2. The van der Waals surface area contributed by atoms with Crippen molar-refractivity contribution in [2.45, 2.75) is 13.2 Å². The molecule has 2 aromatic rings. The first kappa shape index (κ1) is 14.7. The van der Waals surface area contributed by atoms with E-state index in [0.717, 1.165) is 5.56 Å². The monoisotopic (exact) mass is 284 g/mol. The number of nitrogens with two attached hydrogens (primary N) is 1. The van der Waals surface area contributed by atoms with Gasteiger partial charge >= 0.3 is 5.97 Å². The second-order valence-corrected chi connectivity index (χ2v) is 4.40. The first-order valence-corrected chi connectivity index (χ1v) is 6.43. The van der Waals surface area contributed by atoms with E-state index in [1.165, 1.54) is 12.3 Å². The van der Waals surface area contributed by atoms with Crippen molar-refractivity contribution in [1.29, 1.82) is 0 Å². The van der Waals surface area contributed by atoms with Crippen LogP contribution in [0.3, 0.4) is 0 Å². The molecular formula is C16H16N2O3. The minimum absolute atomic E-state index is 0.195. The molecule has 0 atom stereocenters. The zero-order valence-corrected chi connectivity index (χ0v) is 11.4. The quantitative estimate of drug-likeness (QED) is 0.647. The summed E-state index contributed by atoms with van der Waals surface area (Å²) in [5.41, 5.74) is 7.70. The SMILES string of the molecule is Nc1ncc(C=CC(=O)OCc2ccccc2)cc1CO. The maximum Gasteiger partial charge on any atom is 0.331 e. The molecule has 5 nitrogen and oxygen atoms in total. The van der Waals surface area contributed by atoms with E-state index in [-0.39, 0.29) is 19.0 Å². The average Bonchev–Trinajstić information content (AvgIpc) is 2.53. The lowest BCUT2D eigenvalue weighted by atomic mass is 10.2. The highest BCUT2D eigenvalue weighted by Gasteiger charge is 2.01. The first-order valence-electron chi connectivity index (χ1n) is 6.43. The van der Waals surface area contributed by atoms with E-state index in [9.17, 15) is 4.79 Å². The lowest BCUT2D eigenvalue weighted by Gasteiger charge is -2.03. The molecule has 3 N–H and O–H groups in total. The Bertz CT molecular complexity index is 639. The van der Waals surface area contributed by atoms with Crippen molar-refractivity contribution in [2.24, 2.45) is 0 Å². The maximum absolute atomic E-state index is 11.6. The summed E-state index contributed by atoms with van der Waals surface area (Å²) in [6.45, 7) is 0.0326. The third-order valence-corrected chi connectivity index (χ3v) is 2.83. The summed E-state index contributed by atoms with van der Waals surface area (Å²) in [5, 5.41) is 9.09. The Morgan fingerprint density at radius 1 is 1.33 bits per heavy atom. The highest BCUT2D eigenvalue weighted by molar-refractivity contribution is 5.87. The molecule has 0 unspecified atom stereocenters. The fourth-order valence-corrected chi connectivity index (χ4v) is 1.70. The van der Waals surface area contributed by atoms with Gasteiger partial charge in [0.25, 0.3) is 0 Å². The van der Waals surface area contributed by atoms with Crippen molar-refractivity contribution < 1.29 is 14.6 Å². The van der Waals surface area contributed by atoms with Crippen molar-refractivity contribution in [2.75, 3.05) is 5.73 Å². The van der Waals surface area contributed by atoms with Gasteiger partial charge in [0.15, 0.2) is 0 Å². The second kappa shape index (κ2) is 7.21. The van der Waals surface area contributed by atoms with Crippen LogP contribution >= 0.6 is 0 Å². The molecule has 0 amide bonds. The summed E-state index contributed by atoms with van der Waals surface area (Å²) in [5.74, 6) is -0.164. The van der Waals surface area contributed by atoms with E-state index in [1.54, 1.807) is 12.1 Å². The minimum Gasteiger partial charge on any atom is -0.458 e. The number of aliphatic hydroxyl groups is 1. The number of aromatic nitrogens is 1. The molecule has 0 saturated carbocycles. The Morgan fingerprint density at radius 2 is 2.10 bits per heavy atom. The molecule has 0 radical (unpaired) electrons. The fraction of sp³-hybridized carbons (Fsp3) is 0.125. The van der Waals surface area contributed by atoms with Crippen molar-refractivity contribution in [1.82, 2.24) is 4.98 Å². The van der Waals surface area contributed by atoms with E-state index < -0.39 is 5.97 Å². The number of pyridine rings is 1. The Morgan fingerprint density at radius 3 is 2.81 bits per heavy atom. The van der Waals surface area contributed by atoms with Crippen LogP contribution in [0.4, 0.5) is 5.82 Å². The molecule has 0 aliphatic carbocycles. The van der Waals surface area contributed by atoms with E-state index in [1.807, 2.05) is 30.3 Å². The lowest BCUT2D eigenvalue weighted by Crippen LogP contribution is -2.01. The zero-order valence-electron chi connectivity index (χ0n) is 11.4. The Balaban J connectivity index is 1.93. The van der Waals surface area contributed by atoms with E-state index in [2.05, 4.69) is 4.98 Å². The smallest absolute Gasteiger partial charge is 0.331 e. The van der Waals surface area contributed by atoms with E-state index in [0.29, 0.717) is 11.1 Å². The summed E-state index contributed by atoms with van der Waals surface area (Å²) in [4.78, 5) is 15.5. The number of anilines is 1. The summed E-state index contributed by atoms with van der Waals surface area (Å²) in [7, 11) is 0. The summed E-state index contributed by atoms with van der Waals surface area (Å²) in [6.07, 6.45) is 4.41. The molecule has 0 spiro atoms. The zero-order chi connectivity index (χ0) is 15.1. The van der Waals surface area contributed by atoms with Gasteiger partial charge in [0.2, 0.25) is 0 Å². The average molecular weight is 284 g/mol. The molecule has 2 rings (SSSR count). The third-order valence-electron chi connectivity index (χ3n) is 2.83. The highest BCUT2D eigenvalue weighted by Crippen LogP contribution is 2.12. The standard InChI is InChI=1S/C16H16N2O3/c17-16-14(10-19)8-13(9-18-16)6-7-15(20)21-11-12-4-2-1-3-5-12/h1-9,19H,10-11H2,(H2,17,18). The molecule has 0 aliphatic heterocycles. The number of aliphatic hydroxyl groups excluding tert-OH is 1. The van der Waals surface area contributed by atoms with Crippen molar-refractivity contribution in [3.63, 3.8) is 0 Å². The number of benzene rings is 1. The molecule has 1 heterocycles. The van der Waals surface area contributed by atoms with Gasteiger partial charge in [-0.3, -0.25) is 0 Å². The normalized spacial score (nSPS) is 10.7. The predicted octanol–water partition coefficient (Wildman–Crippen LogP) is 1.91. The molecule has 0 fully saturated rings. The van der Waals surface area contributed by atoms with Crippen LogP contribution in [0.1, 0.15) is 16.7 Å². The predicted molar refractivity (Wildman–Crippen MR) is 79.8 cm³/mol. The number of carbonyl (C=O) groups is 1. The number of esters is 1. The van der Waals surface area contributed by atoms with Gasteiger partial charge in [-0.25, -0.2) is 9.78 Å². The van der Waals surface area contributed by atoms with Gasteiger partial charge in [-0.05, 0) is 23.3 Å². The van der Waals surface area contributed by atoms with Crippen molar-refractivity contribution in [3.05, 3.63) is 65.4 Å². The van der Waals surface area contributed by atoms with Crippen LogP contribution in [-0.2, 0) is 22.7 Å². The van der Waals surface area contributed by atoms with Crippen LogP contribution in [0.15, 0.2) is 48.7 Å². The molecule has 1 aromatic carbocycles. The topological polar surface area (TPSA) is 85.4 Å². The number of carbonyl (C=O) groups excluding carboxylic acids is 1. The van der Waals surface area contributed by atoms with Gasteiger partial charge in [0, 0.05) is 17.8 Å².